The molecular formula is C14H20N2O5. The maximum absolute atomic E-state index is 11.8. The summed E-state index contributed by atoms with van der Waals surface area (Å²) in [6.45, 7) is 0.683. The average molecular weight is 296 g/mol. The second kappa shape index (κ2) is 8.80. The summed E-state index contributed by atoms with van der Waals surface area (Å²) in [4.78, 5) is 23.3. The molecule has 1 aromatic carbocycles. The van der Waals surface area contributed by atoms with Crippen molar-refractivity contribution in [2.24, 2.45) is 0 Å². The molecule has 7 heteroatoms. The molecule has 0 fully saturated rings. The molecule has 0 unspecified atom stereocenters. The number of ether oxygens (including phenoxy) is 3. The second-order valence-corrected chi connectivity index (χ2v) is 4.27. The molecule has 0 aromatic heterocycles. The van der Waals surface area contributed by atoms with Gasteiger partial charge < -0.3 is 25.3 Å². The van der Waals surface area contributed by atoms with Crippen molar-refractivity contribution in [3.63, 3.8) is 0 Å². The lowest BCUT2D eigenvalue weighted by molar-refractivity contribution is -0.124. The van der Waals surface area contributed by atoms with Gasteiger partial charge in [-0.25, -0.2) is 4.79 Å². The molecule has 116 valence electrons. The van der Waals surface area contributed by atoms with E-state index < -0.39 is 5.97 Å². The largest absolute Gasteiger partial charge is 0.497 e. The molecule has 3 N–H and O–H groups in total. The van der Waals surface area contributed by atoms with Gasteiger partial charge in [-0.05, 0) is 18.6 Å². The van der Waals surface area contributed by atoms with Gasteiger partial charge >= 0.3 is 5.97 Å². The van der Waals surface area contributed by atoms with Crippen LogP contribution in [0.25, 0.3) is 0 Å². The van der Waals surface area contributed by atoms with E-state index >= 15 is 0 Å². The third kappa shape index (κ3) is 6.13. The monoisotopic (exact) mass is 296 g/mol. The Morgan fingerprint density at radius 3 is 2.67 bits per heavy atom. The number of nitrogen functional groups attached to an aromatic ring is 1. The van der Waals surface area contributed by atoms with Crippen molar-refractivity contribution < 1.29 is 23.8 Å². The first-order valence-electron chi connectivity index (χ1n) is 6.44. The van der Waals surface area contributed by atoms with Crippen LogP contribution in [0.2, 0.25) is 0 Å². The van der Waals surface area contributed by atoms with Crippen molar-refractivity contribution in [3.05, 3.63) is 23.8 Å². The van der Waals surface area contributed by atoms with Crippen molar-refractivity contribution >= 4 is 17.6 Å². The van der Waals surface area contributed by atoms with E-state index in [1.54, 1.807) is 13.2 Å². The van der Waals surface area contributed by atoms with Gasteiger partial charge in [-0.2, -0.15) is 0 Å². The highest BCUT2D eigenvalue weighted by atomic mass is 16.5. The van der Waals surface area contributed by atoms with Crippen molar-refractivity contribution in [2.45, 2.75) is 6.42 Å². The number of rotatable bonds is 8. The van der Waals surface area contributed by atoms with E-state index in [1.165, 1.54) is 19.2 Å². The predicted molar refractivity (Wildman–Crippen MR) is 77.2 cm³/mol. The van der Waals surface area contributed by atoms with Crippen LogP contribution in [0.5, 0.6) is 5.75 Å². The molecule has 0 bridgehead atoms. The Kier molecular flexibility index (Phi) is 7.03. The van der Waals surface area contributed by atoms with Gasteiger partial charge in [0, 0.05) is 32.0 Å². The highest BCUT2D eigenvalue weighted by Crippen LogP contribution is 2.19. The number of anilines is 1. The molecule has 0 saturated carbocycles. The number of esters is 1. The first-order valence-corrected chi connectivity index (χ1v) is 6.44. The van der Waals surface area contributed by atoms with E-state index in [-0.39, 0.29) is 18.1 Å². The minimum absolute atomic E-state index is 0.235. The zero-order valence-electron chi connectivity index (χ0n) is 12.2. The summed E-state index contributed by atoms with van der Waals surface area (Å²) in [6, 6.07) is 4.54. The molecule has 7 nitrogen and oxygen atoms in total. The number of hydrogen-bond acceptors (Lipinski definition) is 6. The third-order valence-electron chi connectivity index (χ3n) is 2.58. The van der Waals surface area contributed by atoms with Gasteiger partial charge in [0.25, 0.3) is 5.91 Å². The summed E-state index contributed by atoms with van der Waals surface area (Å²) in [5, 5.41) is 2.61. The van der Waals surface area contributed by atoms with E-state index in [1.807, 2.05) is 0 Å². The van der Waals surface area contributed by atoms with Crippen molar-refractivity contribution in [1.82, 2.24) is 5.32 Å². The van der Waals surface area contributed by atoms with Gasteiger partial charge in [-0.1, -0.05) is 0 Å². The maximum Gasteiger partial charge on any atom is 0.338 e. The van der Waals surface area contributed by atoms with E-state index in [0.29, 0.717) is 31.0 Å². The van der Waals surface area contributed by atoms with E-state index in [2.05, 4.69) is 5.32 Å². The fourth-order valence-corrected chi connectivity index (χ4v) is 1.57. The highest BCUT2D eigenvalue weighted by Gasteiger charge is 2.12. The lowest BCUT2D eigenvalue weighted by atomic mass is 10.2. The number of carbonyl (C=O) groups excluding carboxylic acids is 2. The molecule has 0 radical (unpaired) electrons. The Labute approximate surface area is 123 Å². The minimum atomic E-state index is -0.632. The normalized spacial score (nSPS) is 10.0. The van der Waals surface area contributed by atoms with Gasteiger partial charge in [0.15, 0.2) is 6.61 Å². The number of hydrogen-bond donors (Lipinski definition) is 2. The number of nitrogens with one attached hydrogen (secondary N) is 1. The van der Waals surface area contributed by atoms with Crippen LogP contribution >= 0.6 is 0 Å². The van der Waals surface area contributed by atoms with E-state index in [4.69, 9.17) is 19.9 Å². The molecule has 0 aliphatic heterocycles. The van der Waals surface area contributed by atoms with Crippen LogP contribution in [0, 0.1) is 0 Å². The number of methoxy groups -OCH3 is 2. The first-order chi connectivity index (χ1) is 10.1. The zero-order chi connectivity index (χ0) is 15.7. The fourth-order valence-electron chi connectivity index (χ4n) is 1.57. The summed E-state index contributed by atoms with van der Waals surface area (Å²) in [5.74, 6) is -0.547. The summed E-state index contributed by atoms with van der Waals surface area (Å²) in [5.41, 5.74) is 6.26. The van der Waals surface area contributed by atoms with Crippen LogP contribution < -0.4 is 15.8 Å². The average Bonchev–Trinajstić information content (AvgIpc) is 2.48. The van der Waals surface area contributed by atoms with Crippen molar-refractivity contribution in [2.75, 3.05) is 39.7 Å². The van der Waals surface area contributed by atoms with Crippen LogP contribution in [-0.2, 0) is 14.3 Å². The summed E-state index contributed by atoms with van der Waals surface area (Å²) >= 11 is 0. The molecule has 0 saturated heterocycles. The SMILES string of the molecule is COCCCNC(=O)COC(=O)c1cc(N)cc(OC)c1. The Bertz CT molecular complexity index is 490. The maximum atomic E-state index is 11.8. The fraction of sp³-hybridized carbons (Fsp3) is 0.429. The Balaban J connectivity index is 2.43. The van der Waals surface area contributed by atoms with Crippen LogP contribution in [0.4, 0.5) is 5.69 Å². The van der Waals surface area contributed by atoms with Crippen LogP contribution in [0.1, 0.15) is 16.8 Å². The summed E-state index contributed by atoms with van der Waals surface area (Å²) in [6.07, 6.45) is 0.697. The molecule has 1 amide bonds. The molecule has 21 heavy (non-hydrogen) atoms. The lowest BCUT2D eigenvalue weighted by Crippen LogP contribution is -2.30. The summed E-state index contributed by atoms with van der Waals surface area (Å²) < 4.78 is 14.8. The zero-order valence-corrected chi connectivity index (χ0v) is 12.2. The second-order valence-electron chi connectivity index (χ2n) is 4.27. The lowest BCUT2D eigenvalue weighted by Gasteiger charge is -2.08. The molecule has 0 heterocycles. The molecule has 0 spiro atoms. The molecule has 1 aromatic rings. The van der Waals surface area contributed by atoms with Crippen LogP contribution in [0.15, 0.2) is 18.2 Å². The quantitative estimate of drug-likeness (QED) is 0.414. The summed E-state index contributed by atoms with van der Waals surface area (Å²) in [7, 11) is 3.06. The number of carbonyl (C=O) groups is 2. The van der Waals surface area contributed by atoms with Gasteiger partial charge in [0.05, 0.1) is 12.7 Å². The molecule has 0 atom stereocenters. The standard InChI is InChI=1S/C14H20N2O5/c1-19-5-3-4-16-13(17)9-21-14(18)10-6-11(15)8-12(7-10)20-2/h6-8H,3-5,9,15H2,1-2H3,(H,16,17). The number of benzene rings is 1. The van der Waals surface area contributed by atoms with Crippen molar-refractivity contribution in [1.29, 1.82) is 0 Å². The Morgan fingerprint density at radius 1 is 1.24 bits per heavy atom. The Morgan fingerprint density at radius 2 is 2.00 bits per heavy atom. The predicted octanol–water partition coefficient (Wildman–Crippen LogP) is 0.587. The molecular weight excluding hydrogens is 276 g/mol. The first kappa shape index (κ1) is 16.8. The van der Waals surface area contributed by atoms with E-state index in [0.717, 1.165) is 0 Å². The minimum Gasteiger partial charge on any atom is -0.497 e. The van der Waals surface area contributed by atoms with Gasteiger partial charge in [0.2, 0.25) is 0 Å². The highest BCUT2D eigenvalue weighted by molar-refractivity contribution is 5.92. The molecule has 1 rings (SSSR count). The van der Waals surface area contributed by atoms with Gasteiger partial charge in [-0.15, -0.1) is 0 Å². The van der Waals surface area contributed by atoms with Gasteiger partial charge in [-0.3, -0.25) is 4.79 Å². The Hall–Kier alpha value is -2.28. The number of nitrogens with two attached hydrogens (primary N) is 1. The third-order valence-corrected chi connectivity index (χ3v) is 2.58. The topological polar surface area (TPSA) is 99.9 Å². The van der Waals surface area contributed by atoms with Gasteiger partial charge in [0.1, 0.15) is 5.75 Å². The smallest absolute Gasteiger partial charge is 0.338 e. The van der Waals surface area contributed by atoms with Crippen LogP contribution in [-0.4, -0.2) is 45.9 Å². The number of amides is 1. The molecule has 0 aliphatic rings. The van der Waals surface area contributed by atoms with Crippen LogP contribution in [0.3, 0.4) is 0 Å². The molecule has 0 aliphatic carbocycles. The van der Waals surface area contributed by atoms with Crippen molar-refractivity contribution in [3.8, 4) is 5.75 Å². The van der Waals surface area contributed by atoms with E-state index in [9.17, 15) is 9.59 Å².